The number of aliphatic hydroxyl groups is 1. The van der Waals surface area contributed by atoms with Crippen molar-refractivity contribution in [3.05, 3.63) is 36.0 Å². The average molecular weight is 246 g/mol. The molecule has 0 saturated carbocycles. The van der Waals surface area contributed by atoms with Gasteiger partial charge in [-0.15, -0.1) is 0 Å². The molecule has 98 valence electrons. The number of benzene rings is 1. The minimum Gasteiger partial charge on any atom is -0.394 e. The summed E-state index contributed by atoms with van der Waals surface area (Å²) < 4.78 is 0. The number of rotatable bonds is 6. The Morgan fingerprint density at radius 3 is 2.89 bits per heavy atom. The Labute approximate surface area is 108 Å². The van der Waals surface area contributed by atoms with Crippen LogP contribution in [0.3, 0.4) is 0 Å². The Hall–Kier alpha value is -1.32. The van der Waals surface area contributed by atoms with Gasteiger partial charge >= 0.3 is 0 Å². The molecular formula is C15H22N2O. The monoisotopic (exact) mass is 246 g/mol. The topological polar surface area (TPSA) is 48.0 Å². The zero-order chi connectivity index (χ0) is 13.0. The molecule has 3 nitrogen and oxygen atoms in total. The first-order valence-corrected chi connectivity index (χ1v) is 6.59. The van der Waals surface area contributed by atoms with Crippen LogP contribution in [-0.4, -0.2) is 22.2 Å². The fourth-order valence-corrected chi connectivity index (χ4v) is 2.39. The maximum Gasteiger partial charge on any atom is 0.0610 e. The number of hydrogen-bond donors (Lipinski definition) is 3. The van der Waals surface area contributed by atoms with Gasteiger partial charge in [0.2, 0.25) is 0 Å². The summed E-state index contributed by atoms with van der Waals surface area (Å²) in [5, 5.41) is 14.2. The predicted octanol–water partition coefficient (Wildman–Crippen LogP) is 2.81. The molecule has 0 spiro atoms. The molecule has 1 atom stereocenters. The lowest BCUT2D eigenvalue weighted by Gasteiger charge is -2.28. The standard InChI is InChI=1S/C15H22N2O/c1-3-8-15(2,11-18)17-10-12-5-4-6-14-13(12)7-9-16-14/h4-7,9,16-18H,3,8,10-11H2,1-2H3. The molecule has 2 aromatic rings. The lowest BCUT2D eigenvalue weighted by Crippen LogP contribution is -2.45. The fourth-order valence-electron chi connectivity index (χ4n) is 2.39. The normalized spacial score (nSPS) is 14.8. The molecule has 18 heavy (non-hydrogen) atoms. The molecule has 3 heteroatoms. The van der Waals surface area contributed by atoms with Crippen LogP contribution >= 0.6 is 0 Å². The van der Waals surface area contributed by atoms with Crippen LogP contribution in [-0.2, 0) is 6.54 Å². The van der Waals surface area contributed by atoms with Crippen molar-refractivity contribution in [2.45, 2.75) is 38.8 Å². The van der Waals surface area contributed by atoms with Crippen molar-refractivity contribution in [3.8, 4) is 0 Å². The fraction of sp³-hybridized carbons (Fsp3) is 0.467. The molecule has 0 fully saturated rings. The van der Waals surface area contributed by atoms with Crippen molar-refractivity contribution in [2.75, 3.05) is 6.61 Å². The highest BCUT2D eigenvalue weighted by atomic mass is 16.3. The zero-order valence-corrected chi connectivity index (χ0v) is 11.2. The van der Waals surface area contributed by atoms with E-state index in [1.54, 1.807) is 0 Å². The van der Waals surface area contributed by atoms with Crippen molar-refractivity contribution in [1.29, 1.82) is 0 Å². The summed E-state index contributed by atoms with van der Waals surface area (Å²) in [5.74, 6) is 0. The second-order valence-electron chi connectivity index (χ2n) is 5.18. The third-order valence-electron chi connectivity index (χ3n) is 3.54. The Balaban J connectivity index is 2.12. The van der Waals surface area contributed by atoms with E-state index in [0.29, 0.717) is 0 Å². The van der Waals surface area contributed by atoms with Crippen molar-refractivity contribution < 1.29 is 5.11 Å². The Bertz CT molecular complexity index is 506. The first kappa shape index (κ1) is 13.1. The number of hydrogen-bond acceptors (Lipinski definition) is 2. The van der Waals surface area contributed by atoms with E-state index in [9.17, 15) is 5.11 Å². The predicted molar refractivity (Wildman–Crippen MR) is 75.5 cm³/mol. The number of H-pyrrole nitrogens is 1. The number of aliphatic hydroxyl groups excluding tert-OH is 1. The minimum absolute atomic E-state index is 0.171. The van der Waals surface area contributed by atoms with Crippen molar-refractivity contribution in [1.82, 2.24) is 10.3 Å². The quantitative estimate of drug-likeness (QED) is 0.734. The summed E-state index contributed by atoms with van der Waals surface area (Å²) in [6, 6.07) is 8.37. The van der Waals surface area contributed by atoms with E-state index in [2.05, 4.69) is 48.4 Å². The Morgan fingerprint density at radius 2 is 2.17 bits per heavy atom. The van der Waals surface area contributed by atoms with Crippen LogP contribution in [0.4, 0.5) is 0 Å². The van der Waals surface area contributed by atoms with Gasteiger partial charge in [-0.05, 0) is 31.0 Å². The molecule has 1 unspecified atom stereocenters. The summed E-state index contributed by atoms with van der Waals surface area (Å²) in [5.41, 5.74) is 2.24. The molecule has 0 aliphatic rings. The van der Waals surface area contributed by atoms with Gasteiger partial charge in [0.25, 0.3) is 0 Å². The van der Waals surface area contributed by atoms with Gasteiger partial charge in [-0.2, -0.15) is 0 Å². The van der Waals surface area contributed by atoms with E-state index >= 15 is 0 Å². The van der Waals surface area contributed by atoms with E-state index in [0.717, 1.165) is 24.9 Å². The van der Waals surface area contributed by atoms with Gasteiger partial charge in [-0.1, -0.05) is 25.5 Å². The molecule has 1 aromatic carbocycles. The molecule has 0 radical (unpaired) electrons. The molecule has 3 N–H and O–H groups in total. The van der Waals surface area contributed by atoms with Gasteiger partial charge in [0, 0.05) is 29.2 Å². The van der Waals surface area contributed by atoms with Gasteiger partial charge < -0.3 is 15.4 Å². The summed E-state index contributed by atoms with van der Waals surface area (Å²) in [4.78, 5) is 3.22. The molecular weight excluding hydrogens is 224 g/mol. The number of aromatic nitrogens is 1. The number of fused-ring (bicyclic) bond motifs is 1. The van der Waals surface area contributed by atoms with E-state index < -0.39 is 0 Å². The van der Waals surface area contributed by atoms with E-state index in [4.69, 9.17) is 0 Å². The number of aromatic amines is 1. The van der Waals surface area contributed by atoms with Gasteiger partial charge in [-0.25, -0.2) is 0 Å². The third kappa shape index (κ3) is 2.74. The van der Waals surface area contributed by atoms with Crippen LogP contribution in [0.25, 0.3) is 10.9 Å². The van der Waals surface area contributed by atoms with E-state index in [-0.39, 0.29) is 12.1 Å². The minimum atomic E-state index is -0.187. The molecule has 0 amide bonds. The average Bonchev–Trinajstić information content (AvgIpc) is 2.85. The van der Waals surface area contributed by atoms with Gasteiger partial charge in [0.05, 0.1) is 6.61 Å². The molecule has 1 heterocycles. The highest BCUT2D eigenvalue weighted by Gasteiger charge is 2.21. The summed E-state index contributed by atoms with van der Waals surface area (Å²) in [6.07, 6.45) is 4.01. The molecule has 0 aliphatic carbocycles. The SMILES string of the molecule is CCCC(C)(CO)NCc1cccc2[nH]ccc12. The highest BCUT2D eigenvalue weighted by Crippen LogP contribution is 2.19. The second kappa shape index (κ2) is 5.55. The molecule has 1 aromatic heterocycles. The van der Waals surface area contributed by atoms with Gasteiger partial charge in [0.15, 0.2) is 0 Å². The third-order valence-corrected chi connectivity index (χ3v) is 3.54. The van der Waals surface area contributed by atoms with Crippen molar-refractivity contribution in [2.24, 2.45) is 0 Å². The van der Waals surface area contributed by atoms with E-state index in [1.807, 2.05) is 6.20 Å². The first-order chi connectivity index (χ1) is 8.68. The Morgan fingerprint density at radius 1 is 1.33 bits per heavy atom. The van der Waals surface area contributed by atoms with Gasteiger partial charge in [0.1, 0.15) is 0 Å². The van der Waals surface area contributed by atoms with Crippen LogP contribution in [0.1, 0.15) is 32.3 Å². The summed E-state index contributed by atoms with van der Waals surface area (Å²) in [6.45, 7) is 5.17. The summed E-state index contributed by atoms with van der Waals surface area (Å²) >= 11 is 0. The first-order valence-electron chi connectivity index (χ1n) is 6.59. The maximum atomic E-state index is 9.50. The van der Waals surface area contributed by atoms with Gasteiger partial charge in [-0.3, -0.25) is 0 Å². The van der Waals surface area contributed by atoms with Crippen molar-refractivity contribution in [3.63, 3.8) is 0 Å². The largest absolute Gasteiger partial charge is 0.394 e. The van der Waals surface area contributed by atoms with Crippen molar-refractivity contribution >= 4 is 10.9 Å². The summed E-state index contributed by atoms with van der Waals surface area (Å²) in [7, 11) is 0. The van der Waals surface area contributed by atoms with E-state index in [1.165, 1.54) is 10.9 Å². The van der Waals surface area contributed by atoms with Crippen LogP contribution in [0.15, 0.2) is 30.5 Å². The molecule has 0 aliphatic heterocycles. The van der Waals surface area contributed by atoms with Crippen LogP contribution < -0.4 is 5.32 Å². The maximum absolute atomic E-state index is 9.50. The smallest absolute Gasteiger partial charge is 0.0610 e. The molecule has 0 saturated heterocycles. The lowest BCUT2D eigenvalue weighted by molar-refractivity contribution is 0.163. The van der Waals surface area contributed by atoms with Crippen LogP contribution in [0.2, 0.25) is 0 Å². The zero-order valence-electron chi connectivity index (χ0n) is 11.2. The molecule has 0 bridgehead atoms. The Kier molecular flexibility index (Phi) is 4.04. The lowest BCUT2D eigenvalue weighted by atomic mass is 9.96. The molecule has 2 rings (SSSR count). The van der Waals surface area contributed by atoms with Crippen LogP contribution in [0.5, 0.6) is 0 Å². The highest BCUT2D eigenvalue weighted by molar-refractivity contribution is 5.82. The van der Waals surface area contributed by atoms with Crippen LogP contribution in [0, 0.1) is 0 Å². The second-order valence-corrected chi connectivity index (χ2v) is 5.18. The number of nitrogens with one attached hydrogen (secondary N) is 2.